The number of morpholine rings is 1. The molecule has 0 unspecified atom stereocenters. The van der Waals surface area contributed by atoms with E-state index in [0.717, 1.165) is 51.9 Å². The molecule has 24 heavy (non-hydrogen) atoms. The van der Waals surface area contributed by atoms with Gasteiger partial charge in [-0.05, 0) is 18.1 Å². The van der Waals surface area contributed by atoms with Crippen LogP contribution >= 0.6 is 0 Å². The number of benzene rings is 1. The molecule has 1 aliphatic heterocycles. The molecule has 0 saturated carbocycles. The smallest absolute Gasteiger partial charge is 0.191 e. The van der Waals surface area contributed by atoms with E-state index in [1.54, 1.807) is 0 Å². The van der Waals surface area contributed by atoms with Crippen LogP contribution in [-0.4, -0.2) is 63.8 Å². The van der Waals surface area contributed by atoms with E-state index in [0.29, 0.717) is 0 Å². The van der Waals surface area contributed by atoms with Gasteiger partial charge in [0.1, 0.15) is 0 Å². The van der Waals surface area contributed by atoms with Crippen LogP contribution in [0.3, 0.4) is 0 Å². The number of hydrogen-bond donors (Lipinski definition) is 2. The maximum atomic E-state index is 5.38. The van der Waals surface area contributed by atoms with E-state index in [4.69, 9.17) is 4.74 Å². The second-order valence-electron chi connectivity index (χ2n) is 7.01. The average molecular weight is 332 g/mol. The molecule has 2 N–H and O–H groups in total. The van der Waals surface area contributed by atoms with Crippen molar-refractivity contribution in [3.8, 4) is 0 Å². The highest BCUT2D eigenvalue weighted by atomic mass is 16.5. The lowest BCUT2D eigenvalue weighted by Crippen LogP contribution is -2.47. The summed E-state index contributed by atoms with van der Waals surface area (Å²) in [6.07, 6.45) is 0. The second-order valence-corrected chi connectivity index (χ2v) is 7.01. The van der Waals surface area contributed by atoms with Gasteiger partial charge < -0.3 is 15.4 Å². The van der Waals surface area contributed by atoms with Crippen LogP contribution in [-0.2, 0) is 10.2 Å². The van der Waals surface area contributed by atoms with Crippen molar-refractivity contribution in [1.29, 1.82) is 0 Å². The summed E-state index contributed by atoms with van der Waals surface area (Å²) in [6, 6.07) is 8.59. The first-order valence-corrected chi connectivity index (χ1v) is 8.83. The maximum absolute atomic E-state index is 5.38. The summed E-state index contributed by atoms with van der Waals surface area (Å²) >= 11 is 0. The van der Waals surface area contributed by atoms with Gasteiger partial charge >= 0.3 is 0 Å². The minimum Gasteiger partial charge on any atom is -0.379 e. The molecule has 0 radical (unpaired) electrons. The van der Waals surface area contributed by atoms with E-state index < -0.39 is 0 Å². The fourth-order valence-electron chi connectivity index (χ4n) is 3.11. The van der Waals surface area contributed by atoms with Gasteiger partial charge in [0.15, 0.2) is 5.96 Å². The molecule has 5 nitrogen and oxygen atoms in total. The van der Waals surface area contributed by atoms with Crippen molar-refractivity contribution in [3.05, 3.63) is 35.4 Å². The summed E-state index contributed by atoms with van der Waals surface area (Å²) in [6.45, 7) is 13.2. The zero-order valence-electron chi connectivity index (χ0n) is 15.6. The van der Waals surface area contributed by atoms with Crippen molar-refractivity contribution in [2.24, 2.45) is 4.99 Å². The van der Waals surface area contributed by atoms with E-state index in [1.807, 2.05) is 7.05 Å². The molecule has 0 atom stereocenters. The number of guanidine groups is 1. The summed E-state index contributed by atoms with van der Waals surface area (Å²) < 4.78 is 5.38. The fourth-order valence-corrected chi connectivity index (χ4v) is 3.11. The number of aliphatic imine (C=N–C) groups is 1. The van der Waals surface area contributed by atoms with Crippen LogP contribution in [0.4, 0.5) is 0 Å². The number of hydrogen-bond acceptors (Lipinski definition) is 3. The predicted molar refractivity (Wildman–Crippen MR) is 101 cm³/mol. The van der Waals surface area contributed by atoms with E-state index >= 15 is 0 Å². The van der Waals surface area contributed by atoms with Gasteiger partial charge in [0.25, 0.3) is 0 Å². The lowest BCUT2D eigenvalue weighted by atomic mass is 9.82. The van der Waals surface area contributed by atoms with Crippen molar-refractivity contribution in [2.45, 2.75) is 26.2 Å². The molecule has 0 aliphatic carbocycles. The van der Waals surface area contributed by atoms with Gasteiger partial charge in [0.2, 0.25) is 0 Å². The topological polar surface area (TPSA) is 48.9 Å². The molecule has 5 heteroatoms. The Hall–Kier alpha value is -1.59. The maximum Gasteiger partial charge on any atom is 0.191 e. The molecule has 1 aromatic carbocycles. The predicted octanol–water partition coefficient (Wildman–Crippen LogP) is 1.77. The summed E-state index contributed by atoms with van der Waals surface area (Å²) in [5.74, 6) is 0.866. The first kappa shape index (κ1) is 18.7. The Morgan fingerprint density at radius 3 is 2.58 bits per heavy atom. The molecule has 1 heterocycles. The standard InChI is InChI=1S/C19H32N4O/c1-16-7-5-6-8-17(16)19(2,3)15-22-18(20-4)21-9-10-23-11-13-24-14-12-23/h5-8H,9-15H2,1-4H3,(H2,20,21,22). The molecule has 0 spiro atoms. The zero-order chi connectivity index (χ0) is 17.4. The lowest BCUT2D eigenvalue weighted by Gasteiger charge is -2.29. The van der Waals surface area contributed by atoms with E-state index in [9.17, 15) is 0 Å². The van der Waals surface area contributed by atoms with Gasteiger partial charge in [-0.2, -0.15) is 0 Å². The van der Waals surface area contributed by atoms with Gasteiger partial charge in [-0.25, -0.2) is 0 Å². The van der Waals surface area contributed by atoms with Crippen LogP contribution in [0.5, 0.6) is 0 Å². The van der Waals surface area contributed by atoms with Crippen LogP contribution < -0.4 is 10.6 Å². The van der Waals surface area contributed by atoms with Crippen molar-refractivity contribution >= 4 is 5.96 Å². The fraction of sp³-hybridized carbons (Fsp3) is 0.632. The molecule has 0 aromatic heterocycles. The van der Waals surface area contributed by atoms with Gasteiger partial charge in [-0.1, -0.05) is 38.1 Å². The van der Waals surface area contributed by atoms with Gasteiger partial charge in [0.05, 0.1) is 13.2 Å². The average Bonchev–Trinajstić information content (AvgIpc) is 2.59. The molecular weight excluding hydrogens is 300 g/mol. The summed E-state index contributed by atoms with van der Waals surface area (Å²) in [5.41, 5.74) is 2.76. The Morgan fingerprint density at radius 2 is 1.92 bits per heavy atom. The molecule has 1 aliphatic rings. The Labute approximate surface area is 146 Å². The van der Waals surface area contributed by atoms with Crippen molar-refractivity contribution in [3.63, 3.8) is 0 Å². The SMILES string of the molecule is CN=C(NCCN1CCOCC1)NCC(C)(C)c1ccccc1C. The zero-order valence-corrected chi connectivity index (χ0v) is 15.6. The number of aryl methyl sites for hydroxylation is 1. The van der Waals surface area contributed by atoms with Gasteiger partial charge in [-0.3, -0.25) is 9.89 Å². The Bertz CT molecular complexity index is 536. The Morgan fingerprint density at radius 1 is 1.21 bits per heavy atom. The molecule has 0 bridgehead atoms. The molecule has 1 fully saturated rings. The number of nitrogens with zero attached hydrogens (tertiary/aromatic N) is 2. The third-order valence-corrected chi connectivity index (χ3v) is 4.62. The number of rotatable bonds is 6. The lowest BCUT2D eigenvalue weighted by molar-refractivity contribution is 0.0389. The first-order valence-electron chi connectivity index (χ1n) is 8.83. The van der Waals surface area contributed by atoms with E-state index in [2.05, 4.69) is 65.6 Å². The first-order chi connectivity index (χ1) is 11.5. The normalized spacial score (nSPS) is 16.9. The minimum absolute atomic E-state index is 0.0488. The molecule has 0 amide bonds. The van der Waals surface area contributed by atoms with E-state index in [-0.39, 0.29) is 5.41 Å². The highest BCUT2D eigenvalue weighted by Gasteiger charge is 2.22. The number of nitrogens with one attached hydrogen (secondary N) is 2. The molecule has 134 valence electrons. The van der Waals surface area contributed by atoms with Crippen LogP contribution in [0.1, 0.15) is 25.0 Å². The van der Waals surface area contributed by atoms with Gasteiger partial charge in [0, 0.05) is 45.2 Å². The van der Waals surface area contributed by atoms with Gasteiger partial charge in [-0.15, -0.1) is 0 Å². The van der Waals surface area contributed by atoms with Crippen LogP contribution in [0.25, 0.3) is 0 Å². The summed E-state index contributed by atoms with van der Waals surface area (Å²) in [7, 11) is 1.82. The minimum atomic E-state index is 0.0488. The van der Waals surface area contributed by atoms with Crippen LogP contribution in [0, 0.1) is 6.92 Å². The van der Waals surface area contributed by atoms with Crippen molar-refractivity contribution < 1.29 is 4.74 Å². The molecule has 2 rings (SSSR count). The number of ether oxygens (including phenoxy) is 1. The van der Waals surface area contributed by atoms with Crippen LogP contribution in [0.2, 0.25) is 0 Å². The van der Waals surface area contributed by atoms with Crippen molar-refractivity contribution in [2.75, 3.05) is 53.0 Å². The second kappa shape index (κ2) is 9.04. The third-order valence-electron chi connectivity index (χ3n) is 4.62. The Balaban J connectivity index is 1.79. The van der Waals surface area contributed by atoms with E-state index in [1.165, 1.54) is 11.1 Å². The molecular formula is C19H32N4O. The molecule has 1 aromatic rings. The third kappa shape index (κ3) is 5.49. The summed E-state index contributed by atoms with van der Waals surface area (Å²) in [4.78, 5) is 6.76. The highest BCUT2D eigenvalue weighted by molar-refractivity contribution is 5.79. The quantitative estimate of drug-likeness (QED) is 0.616. The summed E-state index contributed by atoms with van der Waals surface area (Å²) in [5, 5.41) is 6.88. The Kier molecular flexibility index (Phi) is 7.06. The largest absolute Gasteiger partial charge is 0.379 e. The highest BCUT2D eigenvalue weighted by Crippen LogP contribution is 2.25. The van der Waals surface area contributed by atoms with Crippen LogP contribution in [0.15, 0.2) is 29.3 Å². The van der Waals surface area contributed by atoms with Crippen molar-refractivity contribution in [1.82, 2.24) is 15.5 Å². The monoisotopic (exact) mass is 332 g/mol. The molecule has 1 saturated heterocycles.